The molecular weight excluding hydrogens is 394 g/mol. The predicted octanol–water partition coefficient (Wildman–Crippen LogP) is 1.20. The van der Waals surface area contributed by atoms with Crippen LogP contribution in [0.3, 0.4) is 0 Å². The van der Waals surface area contributed by atoms with Crippen molar-refractivity contribution < 1.29 is 4.79 Å². The number of anilines is 1. The molecule has 1 amide bonds. The molecule has 3 aromatic heterocycles. The molecule has 3 aromatic rings. The largest absolute Gasteiger partial charge is 0.356 e. The number of hydrogen-bond acceptors (Lipinski definition) is 6. The number of carbonyl (C=O) groups is 1. The van der Waals surface area contributed by atoms with E-state index in [4.69, 9.17) is 0 Å². The SMILES string of the molecule is Cc1ccc(N2C[C@@H]3C[C@H](C2)c2ccc(C(=O)NCCn4cnnc4)c(=O)n2C3)nc1. The van der Waals surface area contributed by atoms with Gasteiger partial charge in [0.2, 0.25) is 0 Å². The van der Waals surface area contributed by atoms with Crippen LogP contribution in [0.4, 0.5) is 5.82 Å². The van der Waals surface area contributed by atoms with E-state index < -0.39 is 0 Å². The van der Waals surface area contributed by atoms with Crippen LogP contribution in [0.2, 0.25) is 0 Å². The molecule has 0 unspecified atom stereocenters. The molecule has 1 fully saturated rings. The molecule has 160 valence electrons. The monoisotopic (exact) mass is 419 g/mol. The molecule has 0 saturated carbocycles. The zero-order valence-electron chi connectivity index (χ0n) is 17.4. The van der Waals surface area contributed by atoms with E-state index in [1.165, 1.54) is 0 Å². The Kier molecular flexibility index (Phi) is 5.01. The van der Waals surface area contributed by atoms with E-state index >= 15 is 0 Å². The van der Waals surface area contributed by atoms with Gasteiger partial charge >= 0.3 is 0 Å². The molecule has 2 aliphatic heterocycles. The van der Waals surface area contributed by atoms with Crippen molar-refractivity contribution >= 4 is 11.7 Å². The predicted molar refractivity (Wildman–Crippen MR) is 115 cm³/mol. The highest BCUT2D eigenvalue weighted by atomic mass is 16.2. The van der Waals surface area contributed by atoms with Gasteiger partial charge in [0.25, 0.3) is 11.5 Å². The maximum Gasteiger partial charge on any atom is 0.263 e. The number of nitrogens with one attached hydrogen (secondary N) is 1. The van der Waals surface area contributed by atoms with Crippen molar-refractivity contribution in [2.75, 3.05) is 24.5 Å². The number of nitrogens with zero attached hydrogens (tertiary/aromatic N) is 6. The third-order valence-corrected chi connectivity index (χ3v) is 6.19. The maximum atomic E-state index is 13.1. The lowest BCUT2D eigenvalue weighted by Gasteiger charge is -2.43. The lowest BCUT2D eigenvalue weighted by molar-refractivity contribution is 0.0949. The van der Waals surface area contributed by atoms with Crippen molar-refractivity contribution in [3.05, 3.63) is 70.3 Å². The summed E-state index contributed by atoms with van der Waals surface area (Å²) < 4.78 is 3.59. The number of aryl methyl sites for hydroxylation is 1. The topological polar surface area (TPSA) is 97.9 Å². The molecule has 9 nitrogen and oxygen atoms in total. The van der Waals surface area contributed by atoms with E-state index in [0.29, 0.717) is 25.6 Å². The van der Waals surface area contributed by atoms with Crippen molar-refractivity contribution in [2.45, 2.75) is 32.4 Å². The highest BCUT2D eigenvalue weighted by molar-refractivity contribution is 5.93. The summed E-state index contributed by atoms with van der Waals surface area (Å²) in [5.74, 6) is 1.27. The van der Waals surface area contributed by atoms with Crippen LogP contribution in [0.1, 0.15) is 34.0 Å². The van der Waals surface area contributed by atoms with Crippen LogP contribution in [0.5, 0.6) is 0 Å². The molecule has 5 rings (SSSR count). The average molecular weight is 419 g/mol. The summed E-state index contributed by atoms with van der Waals surface area (Å²) in [5.41, 5.74) is 2.16. The molecule has 31 heavy (non-hydrogen) atoms. The Morgan fingerprint density at radius 1 is 1.13 bits per heavy atom. The second kappa shape index (κ2) is 7.98. The molecular formula is C22H25N7O2. The molecule has 1 saturated heterocycles. The van der Waals surface area contributed by atoms with E-state index in [1.807, 2.05) is 23.8 Å². The number of pyridine rings is 2. The van der Waals surface area contributed by atoms with Gasteiger partial charge in [0.15, 0.2) is 0 Å². The van der Waals surface area contributed by atoms with E-state index in [9.17, 15) is 9.59 Å². The van der Waals surface area contributed by atoms with Crippen LogP contribution < -0.4 is 15.8 Å². The van der Waals surface area contributed by atoms with Gasteiger partial charge in [-0.2, -0.15) is 0 Å². The maximum absolute atomic E-state index is 13.1. The molecule has 2 aliphatic rings. The fourth-order valence-corrected chi connectivity index (χ4v) is 4.68. The van der Waals surface area contributed by atoms with Gasteiger partial charge < -0.3 is 19.4 Å². The smallest absolute Gasteiger partial charge is 0.263 e. The van der Waals surface area contributed by atoms with E-state index in [2.05, 4.69) is 37.5 Å². The number of piperidine rings is 1. The summed E-state index contributed by atoms with van der Waals surface area (Å²) in [4.78, 5) is 32.6. The van der Waals surface area contributed by atoms with E-state index in [0.717, 1.165) is 36.6 Å². The first-order chi connectivity index (χ1) is 15.1. The van der Waals surface area contributed by atoms with Crippen molar-refractivity contribution in [1.29, 1.82) is 0 Å². The van der Waals surface area contributed by atoms with Gasteiger partial charge in [-0.3, -0.25) is 9.59 Å². The van der Waals surface area contributed by atoms with Gasteiger partial charge in [0, 0.05) is 50.5 Å². The number of aromatic nitrogens is 5. The van der Waals surface area contributed by atoms with Gasteiger partial charge in [-0.05, 0) is 43.0 Å². The third kappa shape index (κ3) is 3.83. The van der Waals surface area contributed by atoms with Gasteiger partial charge in [-0.15, -0.1) is 10.2 Å². The van der Waals surface area contributed by atoms with E-state index in [-0.39, 0.29) is 22.9 Å². The number of amides is 1. The second-order valence-electron chi connectivity index (χ2n) is 8.44. The first-order valence-corrected chi connectivity index (χ1v) is 10.6. The van der Waals surface area contributed by atoms with Crippen LogP contribution in [0.25, 0.3) is 0 Å². The van der Waals surface area contributed by atoms with Gasteiger partial charge in [-0.25, -0.2) is 4.98 Å². The summed E-state index contributed by atoms with van der Waals surface area (Å²) >= 11 is 0. The standard InChI is InChI=1S/C22H25N7O2/c1-15-2-5-20(24-9-15)28-10-16-8-17(12-28)19-4-3-18(22(31)29(19)11-16)21(30)23-6-7-27-13-25-26-14-27/h2-5,9,13-14,16-17H,6-8,10-12H2,1H3,(H,23,30)/t16-,17+/m0/s1. The van der Waals surface area contributed by atoms with Gasteiger partial charge in [-0.1, -0.05) is 6.07 Å². The number of carbonyl (C=O) groups excluding carboxylic acids is 1. The zero-order chi connectivity index (χ0) is 21.4. The Labute approximate surface area is 179 Å². The van der Waals surface area contributed by atoms with Crippen LogP contribution in [-0.4, -0.2) is 49.9 Å². The lowest BCUT2D eigenvalue weighted by atomic mass is 9.83. The first-order valence-electron chi connectivity index (χ1n) is 10.6. The molecule has 9 heteroatoms. The van der Waals surface area contributed by atoms with Gasteiger partial charge in [0.1, 0.15) is 24.0 Å². The first kappa shape index (κ1) is 19.5. The van der Waals surface area contributed by atoms with Crippen molar-refractivity contribution in [1.82, 2.24) is 29.6 Å². The summed E-state index contributed by atoms with van der Waals surface area (Å²) in [6.07, 6.45) is 6.14. The van der Waals surface area contributed by atoms with Crippen molar-refractivity contribution in [3.63, 3.8) is 0 Å². The van der Waals surface area contributed by atoms with Crippen LogP contribution in [-0.2, 0) is 13.1 Å². The number of rotatable bonds is 5. The molecule has 0 radical (unpaired) electrons. The van der Waals surface area contributed by atoms with Crippen LogP contribution >= 0.6 is 0 Å². The summed E-state index contributed by atoms with van der Waals surface area (Å²) in [6.45, 7) is 5.33. The van der Waals surface area contributed by atoms with Crippen molar-refractivity contribution in [3.8, 4) is 0 Å². The Balaban J connectivity index is 1.32. The summed E-state index contributed by atoms with van der Waals surface area (Å²) in [5, 5.41) is 10.3. The Bertz CT molecular complexity index is 1140. The Morgan fingerprint density at radius 3 is 2.74 bits per heavy atom. The van der Waals surface area contributed by atoms with E-state index in [1.54, 1.807) is 23.3 Å². The minimum absolute atomic E-state index is 0.198. The minimum atomic E-state index is -0.338. The lowest BCUT2D eigenvalue weighted by Crippen LogP contribution is -2.48. The highest BCUT2D eigenvalue weighted by Crippen LogP contribution is 2.36. The number of fused-ring (bicyclic) bond motifs is 4. The third-order valence-electron chi connectivity index (χ3n) is 6.19. The highest BCUT2D eigenvalue weighted by Gasteiger charge is 2.35. The van der Waals surface area contributed by atoms with Crippen LogP contribution in [0, 0.1) is 12.8 Å². The molecule has 2 bridgehead atoms. The molecule has 0 aliphatic carbocycles. The minimum Gasteiger partial charge on any atom is -0.356 e. The Hall–Kier alpha value is -3.49. The molecule has 0 aromatic carbocycles. The van der Waals surface area contributed by atoms with Gasteiger partial charge in [0.05, 0.1) is 0 Å². The summed E-state index contributed by atoms with van der Waals surface area (Å²) in [7, 11) is 0. The molecule has 2 atom stereocenters. The fraction of sp³-hybridized carbons (Fsp3) is 0.409. The molecule has 1 N–H and O–H groups in total. The Morgan fingerprint density at radius 2 is 1.97 bits per heavy atom. The van der Waals surface area contributed by atoms with Crippen molar-refractivity contribution in [2.24, 2.45) is 5.92 Å². The second-order valence-corrected chi connectivity index (χ2v) is 8.44. The molecule has 5 heterocycles. The fourth-order valence-electron chi connectivity index (χ4n) is 4.68. The molecule has 0 spiro atoms. The summed E-state index contributed by atoms with van der Waals surface area (Å²) in [6, 6.07) is 7.77. The number of hydrogen-bond donors (Lipinski definition) is 1. The normalized spacial score (nSPS) is 19.7. The average Bonchev–Trinajstić information content (AvgIpc) is 3.28. The zero-order valence-corrected chi connectivity index (χ0v) is 17.4. The van der Waals surface area contributed by atoms with Crippen LogP contribution in [0.15, 0.2) is 47.9 Å². The quantitative estimate of drug-likeness (QED) is 0.667.